The maximum atomic E-state index is 5.68. The van der Waals surface area contributed by atoms with E-state index in [1.165, 1.54) is 19.3 Å². The quantitative estimate of drug-likeness (QED) is 0.570. The van der Waals surface area contributed by atoms with Crippen LogP contribution in [-0.4, -0.2) is 29.8 Å². The molecule has 0 aromatic carbocycles. The average Bonchev–Trinajstić information content (AvgIpc) is 2.41. The molecule has 1 aliphatic heterocycles. The van der Waals surface area contributed by atoms with Gasteiger partial charge in [-0.05, 0) is 33.1 Å². The van der Waals surface area contributed by atoms with E-state index in [2.05, 4.69) is 18.7 Å². The fraction of sp³-hybridized carbons (Fsp3) is 1.00. The van der Waals surface area contributed by atoms with Crippen LogP contribution in [0, 0.1) is 0 Å². The minimum absolute atomic E-state index is 0.567. The second-order valence-electron chi connectivity index (χ2n) is 3.94. The number of rotatable bonds is 1. The summed E-state index contributed by atoms with van der Waals surface area (Å²) in [5, 5.41) is 0. The number of fused-ring (bicyclic) bond motifs is 1. The zero-order valence-electron chi connectivity index (χ0n) is 7.42. The molecule has 2 unspecified atom stereocenters. The van der Waals surface area contributed by atoms with Crippen molar-refractivity contribution in [2.45, 2.75) is 51.3 Å². The van der Waals surface area contributed by atoms with Crippen LogP contribution in [0.15, 0.2) is 0 Å². The van der Waals surface area contributed by atoms with Crippen LogP contribution in [0.2, 0.25) is 0 Å². The molecule has 0 N–H and O–H groups in total. The molecular weight excluding hydrogens is 138 g/mol. The minimum atomic E-state index is 0.567. The van der Waals surface area contributed by atoms with Crippen molar-refractivity contribution in [3.8, 4) is 0 Å². The summed E-state index contributed by atoms with van der Waals surface area (Å²) in [7, 11) is 0. The van der Waals surface area contributed by atoms with E-state index < -0.39 is 0 Å². The molecular formula is C9H17NO. The van der Waals surface area contributed by atoms with Gasteiger partial charge >= 0.3 is 0 Å². The van der Waals surface area contributed by atoms with Gasteiger partial charge in [-0.2, -0.15) is 0 Å². The Labute approximate surface area is 68.5 Å². The van der Waals surface area contributed by atoms with Crippen LogP contribution in [-0.2, 0) is 4.74 Å². The number of hydrogen-bond acceptors (Lipinski definition) is 2. The van der Waals surface area contributed by atoms with Gasteiger partial charge < -0.3 is 4.74 Å². The smallest absolute Gasteiger partial charge is 0.1000 e. The zero-order chi connectivity index (χ0) is 7.84. The average molecular weight is 155 g/mol. The fourth-order valence-corrected chi connectivity index (χ4v) is 2.29. The third-order valence-corrected chi connectivity index (χ3v) is 2.94. The lowest BCUT2D eigenvalue weighted by atomic mass is 10.2. The molecule has 0 spiro atoms. The van der Waals surface area contributed by atoms with Crippen LogP contribution in [0.4, 0.5) is 0 Å². The highest BCUT2D eigenvalue weighted by atomic mass is 16.5. The predicted octanol–water partition coefficient (Wildman–Crippen LogP) is 1.61. The minimum Gasteiger partial charge on any atom is -0.361 e. The van der Waals surface area contributed by atoms with Crippen molar-refractivity contribution >= 4 is 0 Å². The molecule has 0 bridgehead atoms. The lowest BCUT2D eigenvalue weighted by Crippen LogP contribution is -2.36. The topological polar surface area (TPSA) is 12.5 Å². The summed E-state index contributed by atoms with van der Waals surface area (Å²) in [6, 6.07) is 1.40. The fourth-order valence-electron chi connectivity index (χ4n) is 2.29. The molecule has 2 aliphatic rings. The van der Waals surface area contributed by atoms with Crippen molar-refractivity contribution in [3.63, 3.8) is 0 Å². The molecule has 0 aromatic rings. The van der Waals surface area contributed by atoms with E-state index in [9.17, 15) is 0 Å². The van der Waals surface area contributed by atoms with E-state index in [4.69, 9.17) is 4.74 Å². The predicted molar refractivity (Wildman–Crippen MR) is 44.4 cm³/mol. The van der Waals surface area contributed by atoms with Crippen LogP contribution >= 0.6 is 0 Å². The van der Waals surface area contributed by atoms with E-state index in [-0.39, 0.29) is 0 Å². The molecule has 0 radical (unpaired) electrons. The summed E-state index contributed by atoms with van der Waals surface area (Å²) in [5.41, 5.74) is 0. The van der Waals surface area contributed by atoms with Gasteiger partial charge in [0.15, 0.2) is 0 Å². The molecule has 0 aromatic heterocycles. The normalized spacial score (nSPS) is 38.5. The van der Waals surface area contributed by atoms with Crippen molar-refractivity contribution in [3.05, 3.63) is 0 Å². The van der Waals surface area contributed by atoms with Gasteiger partial charge in [0.1, 0.15) is 0 Å². The third kappa shape index (κ3) is 1.18. The number of nitrogens with zero attached hydrogens (tertiary/aromatic N) is 1. The van der Waals surface area contributed by atoms with Crippen molar-refractivity contribution in [2.75, 3.05) is 6.73 Å². The van der Waals surface area contributed by atoms with Gasteiger partial charge in [0, 0.05) is 12.1 Å². The Kier molecular flexibility index (Phi) is 1.90. The summed E-state index contributed by atoms with van der Waals surface area (Å²) < 4.78 is 5.68. The Hall–Kier alpha value is -0.0800. The van der Waals surface area contributed by atoms with Crippen LogP contribution < -0.4 is 0 Å². The van der Waals surface area contributed by atoms with Gasteiger partial charge in [0.25, 0.3) is 0 Å². The Bertz CT molecular complexity index is 146. The van der Waals surface area contributed by atoms with E-state index in [0.29, 0.717) is 12.1 Å². The van der Waals surface area contributed by atoms with Gasteiger partial charge in [0.05, 0.1) is 12.8 Å². The van der Waals surface area contributed by atoms with Crippen molar-refractivity contribution in [1.29, 1.82) is 0 Å². The van der Waals surface area contributed by atoms with Gasteiger partial charge in [0.2, 0.25) is 0 Å². The van der Waals surface area contributed by atoms with Crippen LogP contribution in [0.25, 0.3) is 0 Å². The molecule has 2 atom stereocenters. The molecule has 1 saturated heterocycles. The first-order valence-corrected chi connectivity index (χ1v) is 4.66. The highest BCUT2D eigenvalue weighted by molar-refractivity contribution is 4.90. The molecule has 11 heavy (non-hydrogen) atoms. The Morgan fingerprint density at radius 2 is 2.18 bits per heavy atom. The standard InChI is InChI=1S/C9H17NO/c1-7(2)10-6-11-9-5-3-4-8(9)10/h7-9H,3-6H2,1-2H3. The van der Waals surface area contributed by atoms with Crippen molar-refractivity contribution in [2.24, 2.45) is 0 Å². The highest BCUT2D eigenvalue weighted by Gasteiger charge is 2.39. The maximum Gasteiger partial charge on any atom is 0.1000 e. The molecule has 1 saturated carbocycles. The van der Waals surface area contributed by atoms with Gasteiger partial charge in [-0.15, -0.1) is 0 Å². The molecule has 2 rings (SSSR count). The molecule has 2 heteroatoms. The Morgan fingerprint density at radius 1 is 1.36 bits per heavy atom. The lowest BCUT2D eigenvalue weighted by molar-refractivity contribution is 0.0774. The first-order chi connectivity index (χ1) is 5.29. The summed E-state index contributed by atoms with van der Waals surface area (Å²) in [6.07, 6.45) is 4.56. The number of hydrogen-bond donors (Lipinski definition) is 0. The Balaban J connectivity index is 2.03. The van der Waals surface area contributed by atoms with E-state index in [0.717, 1.165) is 12.8 Å². The van der Waals surface area contributed by atoms with Gasteiger partial charge in [-0.1, -0.05) is 0 Å². The van der Waals surface area contributed by atoms with Crippen LogP contribution in [0.3, 0.4) is 0 Å². The SMILES string of the molecule is CC(C)N1COC2CCCC21. The summed E-state index contributed by atoms with van der Waals surface area (Å²) in [6.45, 7) is 5.38. The lowest BCUT2D eigenvalue weighted by Gasteiger charge is -2.24. The third-order valence-electron chi connectivity index (χ3n) is 2.94. The Morgan fingerprint density at radius 3 is 2.91 bits per heavy atom. The largest absolute Gasteiger partial charge is 0.361 e. The highest BCUT2D eigenvalue weighted by Crippen LogP contribution is 2.32. The van der Waals surface area contributed by atoms with Gasteiger partial charge in [-0.3, -0.25) is 4.90 Å². The van der Waals surface area contributed by atoms with Gasteiger partial charge in [-0.25, -0.2) is 0 Å². The van der Waals surface area contributed by atoms with Crippen molar-refractivity contribution < 1.29 is 4.74 Å². The maximum absolute atomic E-state index is 5.68. The first-order valence-electron chi connectivity index (χ1n) is 4.66. The van der Waals surface area contributed by atoms with Crippen LogP contribution in [0.5, 0.6) is 0 Å². The van der Waals surface area contributed by atoms with Crippen molar-refractivity contribution in [1.82, 2.24) is 4.90 Å². The summed E-state index contributed by atoms with van der Waals surface area (Å²) in [4.78, 5) is 2.48. The first kappa shape index (κ1) is 7.56. The second-order valence-corrected chi connectivity index (χ2v) is 3.94. The van der Waals surface area contributed by atoms with E-state index in [1.807, 2.05) is 0 Å². The molecule has 0 amide bonds. The van der Waals surface area contributed by atoms with E-state index in [1.54, 1.807) is 0 Å². The molecule has 1 aliphatic carbocycles. The molecule has 2 fully saturated rings. The molecule has 1 heterocycles. The van der Waals surface area contributed by atoms with Crippen LogP contribution in [0.1, 0.15) is 33.1 Å². The summed E-state index contributed by atoms with van der Waals surface area (Å²) >= 11 is 0. The summed E-state index contributed by atoms with van der Waals surface area (Å²) in [5.74, 6) is 0. The van der Waals surface area contributed by atoms with E-state index >= 15 is 0 Å². The number of ether oxygens (including phenoxy) is 1. The molecule has 64 valence electrons. The molecule has 2 nitrogen and oxygen atoms in total. The monoisotopic (exact) mass is 155 g/mol. The second kappa shape index (κ2) is 2.76. The zero-order valence-corrected chi connectivity index (χ0v) is 7.42.